The summed E-state index contributed by atoms with van der Waals surface area (Å²) in [5.74, 6) is -2.68. The third-order valence-corrected chi connectivity index (χ3v) is 5.98. The van der Waals surface area contributed by atoms with Crippen LogP contribution in [-0.4, -0.2) is 44.3 Å². The van der Waals surface area contributed by atoms with E-state index >= 15 is 0 Å². The van der Waals surface area contributed by atoms with Gasteiger partial charge in [0.25, 0.3) is 0 Å². The molecule has 252 valence electrons. The molecule has 0 aromatic carbocycles. The summed E-state index contributed by atoms with van der Waals surface area (Å²) in [7, 11) is 0. The summed E-state index contributed by atoms with van der Waals surface area (Å²) in [5.41, 5.74) is 0. The van der Waals surface area contributed by atoms with Crippen LogP contribution in [-0.2, 0) is 58.1 Å². The molecule has 0 rings (SSSR count). The Hall–Kier alpha value is -0.873. The number of hydrogen-bond donors (Lipinski definition) is 4. The largest absolute Gasteiger partial charge is 3.00 e. The molecule has 0 aromatic heterocycles. The maximum Gasteiger partial charge on any atom is 3.00 e. The molecule has 0 bridgehead atoms. The minimum atomic E-state index is -0.670. The Morgan fingerprint density at radius 1 is 0.310 bits per heavy atom. The van der Waals surface area contributed by atoms with Gasteiger partial charge >= 0.3 is 62.8 Å². The maximum atomic E-state index is 10.0. The van der Waals surface area contributed by atoms with Crippen LogP contribution in [0.1, 0.15) is 182 Å². The zero-order chi connectivity index (χ0) is 31.3. The van der Waals surface area contributed by atoms with Crippen molar-refractivity contribution >= 4 is 23.9 Å². The molecule has 0 saturated heterocycles. The fourth-order valence-corrected chi connectivity index (χ4v) is 3.52. The first kappa shape index (κ1) is 53.7. The van der Waals surface area contributed by atoms with E-state index in [1.807, 2.05) is 0 Å². The van der Waals surface area contributed by atoms with E-state index in [1.165, 1.54) is 77.0 Å². The van der Waals surface area contributed by atoms with E-state index in [2.05, 4.69) is 27.7 Å². The van der Waals surface area contributed by atoms with Gasteiger partial charge in [-0.05, 0) is 25.7 Å². The molecule has 0 radical (unpaired) electrons. The zero-order valence-electron chi connectivity index (χ0n) is 27.1. The topological polar surface area (TPSA) is 149 Å². The molecular weight excluding hydrogens is 718 g/mol. The second-order valence-electron chi connectivity index (χ2n) is 10.2. The SMILES string of the molecule is CCCCCCCC(=O)O.CCCCCCCC(=O)O.CCCCCCCC(=O)O.CCCCCCCC(=O)O.[Rh+3].[Rh+3]. The van der Waals surface area contributed by atoms with Crippen LogP contribution in [0.4, 0.5) is 0 Å². The van der Waals surface area contributed by atoms with Gasteiger partial charge in [-0.2, -0.15) is 0 Å². The molecule has 0 unspecified atom stereocenters. The molecule has 0 amide bonds. The summed E-state index contributed by atoms with van der Waals surface area (Å²) in [6.07, 6.45) is 23.5. The van der Waals surface area contributed by atoms with Crippen LogP contribution in [0.2, 0.25) is 0 Å². The van der Waals surface area contributed by atoms with Gasteiger partial charge in [-0.15, -0.1) is 0 Å². The molecule has 0 aliphatic carbocycles. The van der Waals surface area contributed by atoms with Crippen molar-refractivity contribution in [1.29, 1.82) is 0 Å². The molecule has 4 N–H and O–H groups in total. The van der Waals surface area contributed by atoms with Crippen molar-refractivity contribution in [2.45, 2.75) is 182 Å². The molecule has 0 saturated carbocycles. The van der Waals surface area contributed by atoms with Crippen molar-refractivity contribution in [1.82, 2.24) is 0 Å². The average molecular weight is 783 g/mol. The summed E-state index contributed by atoms with van der Waals surface area (Å²) < 4.78 is 0. The van der Waals surface area contributed by atoms with Crippen molar-refractivity contribution in [2.24, 2.45) is 0 Å². The van der Waals surface area contributed by atoms with Gasteiger partial charge in [0.15, 0.2) is 0 Å². The molecule has 0 aromatic rings. The maximum absolute atomic E-state index is 10.0. The van der Waals surface area contributed by atoms with E-state index in [1.54, 1.807) is 0 Å². The van der Waals surface area contributed by atoms with Crippen molar-refractivity contribution < 1.29 is 78.6 Å². The third-order valence-electron chi connectivity index (χ3n) is 5.98. The van der Waals surface area contributed by atoms with Crippen LogP contribution in [0.15, 0.2) is 0 Å². The summed E-state index contributed by atoms with van der Waals surface area (Å²) in [6, 6.07) is 0. The Morgan fingerprint density at radius 2 is 0.452 bits per heavy atom. The van der Waals surface area contributed by atoms with Crippen molar-refractivity contribution in [3.05, 3.63) is 0 Å². The molecule has 42 heavy (non-hydrogen) atoms. The van der Waals surface area contributed by atoms with Gasteiger partial charge in [-0.25, -0.2) is 0 Å². The molecule has 10 heteroatoms. The van der Waals surface area contributed by atoms with Crippen molar-refractivity contribution in [3.8, 4) is 0 Å². The van der Waals surface area contributed by atoms with Gasteiger partial charge in [0.05, 0.1) is 0 Å². The van der Waals surface area contributed by atoms with Gasteiger partial charge in [0, 0.05) is 25.7 Å². The average Bonchev–Trinajstić information content (AvgIpc) is 2.89. The molecule has 0 fully saturated rings. The monoisotopic (exact) mass is 782 g/mol. The number of hydrogen-bond acceptors (Lipinski definition) is 4. The normalized spacial score (nSPS) is 9.24. The van der Waals surface area contributed by atoms with Crippen molar-refractivity contribution in [3.63, 3.8) is 0 Å². The molecule has 0 aliphatic rings. The second-order valence-corrected chi connectivity index (χ2v) is 10.2. The first-order valence-corrected chi connectivity index (χ1v) is 16.0. The first-order valence-electron chi connectivity index (χ1n) is 16.0. The number of carboxylic acid groups (broad SMARTS) is 4. The van der Waals surface area contributed by atoms with E-state index in [4.69, 9.17) is 20.4 Å². The Balaban J connectivity index is -0.000000101. The Morgan fingerprint density at radius 3 is 0.571 bits per heavy atom. The Bertz CT molecular complexity index is 465. The van der Waals surface area contributed by atoms with Crippen LogP contribution in [0.5, 0.6) is 0 Å². The van der Waals surface area contributed by atoms with E-state index < -0.39 is 23.9 Å². The van der Waals surface area contributed by atoms with Crippen molar-refractivity contribution in [2.75, 3.05) is 0 Å². The zero-order valence-corrected chi connectivity index (χ0v) is 30.3. The quantitative estimate of drug-likeness (QED) is 0.0559. The predicted molar refractivity (Wildman–Crippen MR) is 164 cm³/mol. The molecule has 0 heterocycles. The van der Waals surface area contributed by atoms with Gasteiger partial charge in [0.2, 0.25) is 0 Å². The summed E-state index contributed by atoms with van der Waals surface area (Å²) in [4.78, 5) is 40.1. The molecular formula is C32H64O8Rh2+6. The van der Waals surface area contributed by atoms with Gasteiger partial charge in [0.1, 0.15) is 0 Å². The van der Waals surface area contributed by atoms with Gasteiger partial charge in [-0.1, -0.05) is 130 Å². The van der Waals surface area contributed by atoms with Crippen LogP contribution < -0.4 is 0 Å². The number of unbranched alkanes of at least 4 members (excludes halogenated alkanes) is 16. The number of carbonyl (C=O) groups is 4. The fourth-order valence-electron chi connectivity index (χ4n) is 3.52. The van der Waals surface area contributed by atoms with Crippen LogP contribution >= 0.6 is 0 Å². The van der Waals surface area contributed by atoms with E-state index in [0.717, 1.165) is 51.4 Å². The van der Waals surface area contributed by atoms with Crippen LogP contribution in [0, 0.1) is 0 Å². The summed E-state index contributed by atoms with van der Waals surface area (Å²) in [5, 5.41) is 33.1. The van der Waals surface area contributed by atoms with Crippen LogP contribution in [0.25, 0.3) is 0 Å². The molecule has 0 spiro atoms. The minimum absolute atomic E-state index is 0. The van der Waals surface area contributed by atoms with Gasteiger partial charge in [-0.3, -0.25) is 19.2 Å². The molecule has 0 atom stereocenters. The van der Waals surface area contributed by atoms with Gasteiger partial charge < -0.3 is 20.4 Å². The van der Waals surface area contributed by atoms with E-state index in [0.29, 0.717) is 25.7 Å². The second kappa shape index (κ2) is 49.8. The molecule has 8 nitrogen and oxygen atoms in total. The summed E-state index contributed by atoms with van der Waals surface area (Å²) in [6.45, 7) is 8.60. The molecule has 0 aliphatic heterocycles. The number of carboxylic acids is 4. The first-order chi connectivity index (χ1) is 19.1. The number of aliphatic carboxylic acids is 4. The van der Waals surface area contributed by atoms with Crippen LogP contribution in [0.3, 0.4) is 0 Å². The standard InChI is InChI=1S/4C8H16O2.2Rh/c4*1-2-3-4-5-6-7-8(9)10;;/h4*2-7H2,1H3,(H,9,10);;/q;;;;2*+3. The predicted octanol–water partition coefficient (Wildman–Crippen LogP) is 9.72. The fraction of sp³-hybridized carbons (Fsp3) is 0.875. The minimum Gasteiger partial charge on any atom is -0.481 e. The number of rotatable bonds is 24. The third kappa shape index (κ3) is 77.3. The smallest absolute Gasteiger partial charge is 0.481 e. The van der Waals surface area contributed by atoms with E-state index in [-0.39, 0.29) is 39.0 Å². The Labute approximate surface area is 283 Å². The Kier molecular flexibility index (Phi) is 63.6. The summed E-state index contributed by atoms with van der Waals surface area (Å²) >= 11 is 0. The van der Waals surface area contributed by atoms with E-state index in [9.17, 15) is 19.2 Å².